The maximum atomic E-state index is 6.82. The maximum absolute atomic E-state index is 6.82. The molecule has 5 nitrogen and oxygen atoms in total. The molecule has 0 radical (unpaired) electrons. The van der Waals surface area contributed by atoms with Gasteiger partial charge in [0, 0.05) is 39.9 Å². The van der Waals surface area contributed by atoms with Gasteiger partial charge in [-0.1, -0.05) is 115 Å². The van der Waals surface area contributed by atoms with E-state index < -0.39 is 23.7 Å². The number of hydrogen-bond donors (Lipinski definition) is 0. The third kappa shape index (κ3) is 10.8. The van der Waals surface area contributed by atoms with E-state index in [1.807, 2.05) is 0 Å². The zero-order valence-electron chi connectivity index (χ0n) is 33.2. The fourth-order valence-corrected chi connectivity index (χ4v) is 7.63. The summed E-state index contributed by atoms with van der Waals surface area (Å²) < 4.78 is 32.7. The lowest BCUT2D eigenvalue weighted by atomic mass is 9.74. The summed E-state index contributed by atoms with van der Waals surface area (Å²) in [6, 6.07) is 14.7. The summed E-state index contributed by atoms with van der Waals surface area (Å²) in [5, 5.41) is 1.71. The Morgan fingerprint density at radius 1 is 0.453 bits per heavy atom. The normalized spacial score (nSPS) is 12.9. The van der Waals surface area contributed by atoms with E-state index in [1.54, 1.807) is 36.4 Å². The van der Waals surface area contributed by atoms with E-state index in [0.717, 1.165) is 39.1 Å². The molecule has 0 saturated carbocycles. The van der Waals surface area contributed by atoms with Crippen molar-refractivity contribution in [2.75, 3.05) is 0 Å². The summed E-state index contributed by atoms with van der Waals surface area (Å²) >= 11 is 25.0. The predicted octanol–water partition coefficient (Wildman–Crippen LogP) is 15.6. The fraction of sp³-hybridized carbons (Fsp3) is 0.429. The molecule has 4 rings (SSSR count). The standard InChI is InChI=1S/C42H52Cl4O5P2/c1-23-27(39(3,4)5)21-28(40(6,7)8)37(50-52-48-25-15-17-30(43)32(45)19-25)35(23)36-24(2)34(47-42(12,13)14)22-29(41(9,10)11)38(36)51-53-49-26-16-18-31(44)33(46)20-26/h15-22,52-53H,1-14H3. The quantitative estimate of drug-likeness (QED) is 0.149. The van der Waals surface area contributed by atoms with E-state index in [4.69, 9.17) is 69.2 Å². The van der Waals surface area contributed by atoms with Crippen LogP contribution >= 0.6 is 64.5 Å². The first-order chi connectivity index (χ1) is 24.3. The molecule has 0 aliphatic rings. The minimum atomic E-state index is -0.467. The molecular formula is C42H52Cl4O5P2. The number of rotatable bonds is 10. The Bertz CT molecular complexity index is 1970. The van der Waals surface area contributed by atoms with Crippen LogP contribution in [0.5, 0.6) is 28.7 Å². The second kappa shape index (κ2) is 16.6. The summed E-state index contributed by atoms with van der Waals surface area (Å²) in [7, 11) is -0.799. The molecule has 0 fully saturated rings. The van der Waals surface area contributed by atoms with Gasteiger partial charge in [-0.05, 0) is 92.3 Å². The molecule has 0 aliphatic heterocycles. The molecule has 11 heteroatoms. The van der Waals surface area contributed by atoms with Gasteiger partial charge in [0.05, 0.1) is 20.1 Å². The molecular weight excluding hydrogens is 788 g/mol. The minimum absolute atomic E-state index is 0.198. The summed E-state index contributed by atoms with van der Waals surface area (Å²) in [4.78, 5) is 0. The highest BCUT2D eigenvalue weighted by molar-refractivity contribution is 7.27. The molecule has 0 heterocycles. The fourth-order valence-electron chi connectivity index (χ4n) is 5.94. The SMILES string of the molecule is Cc1c(OC(C)(C)C)cc(C(C)(C)C)c(OPOc2ccc(Cl)c(Cl)c2)c1-c1c(C)c(C(C)(C)C)cc(C(C)(C)C)c1OPOc1ccc(Cl)c(Cl)c1. The van der Waals surface area contributed by atoms with Gasteiger partial charge in [0.15, 0.2) is 0 Å². The van der Waals surface area contributed by atoms with Gasteiger partial charge in [-0.2, -0.15) is 0 Å². The lowest BCUT2D eigenvalue weighted by molar-refractivity contribution is 0.129. The molecule has 53 heavy (non-hydrogen) atoms. The average molecular weight is 841 g/mol. The lowest BCUT2D eigenvalue weighted by Crippen LogP contribution is -2.24. The van der Waals surface area contributed by atoms with E-state index in [0.29, 0.717) is 43.1 Å². The largest absolute Gasteiger partial charge is 0.488 e. The molecule has 2 atom stereocenters. The zero-order valence-corrected chi connectivity index (χ0v) is 38.2. The Labute approximate surface area is 340 Å². The Kier molecular flexibility index (Phi) is 13.6. The molecule has 4 aromatic rings. The van der Waals surface area contributed by atoms with Crippen LogP contribution in [0.3, 0.4) is 0 Å². The van der Waals surface area contributed by atoms with Crippen molar-refractivity contribution in [1.82, 2.24) is 0 Å². The Hall–Kier alpha value is -2.10. The van der Waals surface area contributed by atoms with E-state index in [2.05, 4.69) is 109 Å². The second-order valence-corrected chi connectivity index (χ2v) is 20.0. The van der Waals surface area contributed by atoms with Crippen molar-refractivity contribution in [3.8, 4) is 39.9 Å². The van der Waals surface area contributed by atoms with Crippen molar-refractivity contribution in [2.24, 2.45) is 0 Å². The van der Waals surface area contributed by atoms with Crippen molar-refractivity contribution in [3.05, 3.63) is 96.4 Å². The van der Waals surface area contributed by atoms with Crippen molar-refractivity contribution in [3.63, 3.8) is 0 Å². The van der Waals surface area contributed by atoms with Gasteiger partial charge >= 0.3 is 0 Å². The van der Waals surface area contributed by atoms with Crippen LogP contribution in [0.15, 0.2) is 48.5 Å². The Morgan fingerprint density at radius 2 is 0.849 bits per heavy atom. The highest BCUT2D eigenvalue weighted by Crippen LogP contribution is 2.55. The third-order valence-electron chi connectivity index (χ3n) is 8.51. The van der Waals surface area contributed by atoms with Crippen LogP contribution in [0.1, 0.15) is 111 Å². The first-order valence-electron chi connectivity index (χ1n) is 17.4. The predicted molar refractivity (Wildman–Crippen MR) is 230 cm³/mol. The zero-order chi connectivity index (χ0) is 39.8. The molecule has 2 unspecified atom stereocenters. The molecule has 0 saturated heterocycles. The molecule has 0 N–H and O–H groups in total. The van der Waals surface area contributed by atoms with Crippen LogP contribution in [-0.4, -0.2) is 5.60 Å². The smallest absolute Gasteiger partial charge is 0.275 e. The van der Waals surface area contributed by atoms with Crippen LogP contribution in [0, 0.1) is 13.8 Å². The molecule has 0 bridgehead atoms. The second-order valence-electron chi connectivity index (χ2n) is 17.2. The van der Waals surface area contributed by atoms with Gasteiger partial charge in [-0.25, -0.2) is 0 Å². The van der Waals surface area contributed by atoms with Gasteiger partial charge < -0.3 is 22.8 Å². The summed E-state index contributed by atoms with van der Waals surface area (Å²) in [6.45, 7) is 30.2. The minimum Gasteiger partial charge on any atom is -0.488 e. The van der Waals surface area contributed by atoms with Crippen molar-refractivity contribution >= 4 is 64.5 Å². The molecule has 0 aliphatic carbocycles. The first kappa shape index (κ1) is 43.6. The third-order valence-corrected chi connectivity index (χ3v) is 11.2. The Balaban J connectivity index is 2.07. The number of benzene rings is 4. The summed E-state index contributed by atoms with van der Waals surface area (Å²) in [5.41, 5.74) is 5.60. The van der Waals surface area contributed by atoms with Crippen LogP contribution in [-0.2, 0) is 16.2 Å². The molecule has 4 aromatic carbocycles. The summed E-state index contributed by atoms with van der Waals surface area (Å²) in [5.74, 6) is 3.25. The molecule has 0 aromatic heterocycles. The van der Waals surface area contributed by atoms with E-state index in [-0.39, 0.29) is 16.2 Å². The van der Waals surface area contributed by atoms with E-state index in [1.165, 1.54) is 5.56 Å². The van der Waals surface area contributed by atoms with Crippen molar-refractivity contribution in [2.45, 2.75) is 119 Å². The highest BCUT2D eigenvalue weighted by Gasteiger charge is 2.35. The van der Waals surface area contributed by atoms with Crippen LogP contribution in [0.2, 0.25) is 20.1 Å². The van der Waals surface area contributed by atoms with Gasteiger partial charge in [0.2, 0.25) is 0 Å². The molecule has 0 amide bonds. The highest BCUT2D eigenvalue weighted by atomic mass is 35.5. The van der Waals surface area contributed by atoms with Crippen molar-refractivity contribution < 1.29 is 22.8 Å². The van der Waals surface area contributed by atoms with Gasteiger partial charge in [-0.15, -0.1) is 0 Å². The monoisotopic (exact) mass is 838 g/mol. The van der Waals surface area contributed by atoms with Crippen LogP contribution < -0.4 is 22.8 Å². The number of halogens is 4. The van der Waals surface area contributed by atoms with Crippen LogP contribution in [0.4, 0.5) is 0 Å². The van der Waals surface area contributed by atoms with Crippen LogP contribution in [0.25, 0.3) is 11.1 Å². The number of ether oxygens (including phenoxy) is 1. The first-order valence-corrected chi connectivity index (χ1v) is 20.6. The van der Waals surface area contributed by atoms with Gasteiger partial charge in [0.1, 0.15) is 34.3 Å². The number of hydrogen-bond acceptors (Lipinski definition) is 5. The average Bonchev–Trinajstić information content (AvgIpc) is 3.00. The Morgan fingerprint density at radius 3 is 1.23 bits per heavy atom. The van der Waals surface area contributed by atoms with Crippen molar-refractivity contribution in [1.29, 1.82) is 0 Å². The maximum Gasteiger partial charge on any atom is 0.275 e. The molecule has 0 spiro atoms. The van der Waals surface area contributed by atoms with Gasteiger partial charge in [-0.3, -0.25) is 0 Å². The summed E-state index contributed by atoms with van der Waals surface area (Å²) in [6.07, 6.45) is 0. The van der Waals surface area contributed by atoms with E-state index >= 15 is 0 Å². The topological polar surface area (TPSA) is 46.2 Å². The van der Waals surface area contributed by atoms with Gasteiger partial charge in [0.25, 0.3) is 18.1 Å². The van der Waals surface area contributed by atoms with E-state index in [9.17, 15) is 0 Å². The molecule has 288 valence electrons. The lowest BCUT2D eigenvalue weighted by Gasteiger charge is -2.34.